The van der Waals surface area contributed by atoms with Crippen molar-refractivity contribution in [2.45, 2.75) is 44.4 Å². The molecule has 1 saturated heterocycles. The number of aliphatic hydroxyl groups excluding tert-OH is 1. The molecule has 1 amide bonds. The lowest BCUT2D eigenvalue weighted by Crippen LogP contribution is -2.44. The van der Waals surface area contributed by atoms with Gasteiger partial charge in [-0.2, -0.15) is 0 Å². The minimum Gasteiger partial charge on any atom is -0.392 e. The van der Waals surface area contributed by atoms with Gasteiger partial charge in [0.05, 0.1) is 12.1 Å². The average molecular weight is 341 g/mol. The van der Waals surface area contributed by atoms with Crippen LogP contribution in [0.3, 0.4) is 0 Å². The molecule has 0 spiro atoms. The fourth-order valence-electron chi connectivity index (χ4n) is 2.37. The van der Waals surface area contributed by atoms with E-state index in [0.717, 1.165) is 17.3 Å². The Balaban J connectivity index is 1.73. The Morgan fingerprint density at radius 2 is 2.20 bits per heavy atom. The second-order valence-electron chi connectivity index (χ2n) is 5.43. The summed E-state index contributed by atoms with van der Waals surface area (Å²) in [5.74, 6) is -0.00939. The lowest BCUT2D eigenvalue weighted by atomic mass is 10.1. The van der Waals surface area contributed by atoms with Crippen LogP contribution in [0.5, 0.6) is 0 Å². The summed E-state index contributed by atoms with van der Waals surface area (Å²) in [6.45, 7) is 2.52. The standard InChI is InChI=1S/C15H21BrN2O2/c1-10(2-3-11-4-6-12(16)7-5-11)18-15(20)14-8-13(19)9-17-14/h4-7,10,13-14,17,19H,2-3,8-9H2,1H3,(H,18,20). The first-order valence-electron chi connectivity index (χ1n) is 7.01. The van der Waals surface area contributed by atoms with Crippen molar-refractivity contribution < 1.29 is 9.90 Å². The number of benzene rings is 1. The first-order valence-corrected chi connectivity index (χ1v) is 7.80. The van der Waals surface area contributed by atoms with Gasteiger partial charge >= 0.3 is 0 Å². The Labute approximate surface area is 128 Å². The number of nitrogens with one attached hydrogen (secondary N) is 2. The summed E-state index contributed by atoms with van der Waals surface area (Å²) < 4.78 is 1.08. The summed E-state index contributed by atoms with van der Waals surface area (Å²) in [6.07, 6.45) is 1.95. The fourth-order valence-corrected chi connectivity index (χ4v) is 2.63. The van der Waals surface area contributed by atoms with E-state index in [0.29, 0.717) is 13.0 Å². The molecule has 1 aromatic carbocycles. The lowest BCUT2D eigenvalue weighted by Gasteiger charge is -2.17. The van der Waals surface area contributed by atoms with Crippen molar-refractivity contribution in [2.75, 3.05) is 6.54 Å². The van der Waals surface area contributed by atoms with Crippen LogP contribution in [0.2, 0.25) is 0 Å². The Hall–Kier alpha value is -0.910. The molecule has 1 aliphatic heterocycles. The zero-order chi connectivity index (χ0) is 14.5. The van der Waals surface area contributed by atoms with E-state index in [-0.39, 0.29) is 18.0 Å². The number of aliphatic hydroxyl groups is 1. The van der Waals surface area contributed by atoms with E-state index in [1.165, 1.54) is 5.56 Å². The van der Waals surface area contributed by atoms with E-state index in [4.69, 9.17) is 0 Å². The van der Waals surface area contributed by atoms with E-state index >= 15 is 0 Å². The molecular weight excluding hydrogens is 320 g/mol. The molecule has 1 fully saturated rings. The molecule has 0 bridgehead atoms. The molecule has 3 unspecified atom stereocenters. The summed E-state index contributed by atoms with van der Waals surface area (Å²) in [7, 11) is 0. The normalized spacial score (nSPS) is 23.6. The first kappa shape index (κ1) is 15.5. The molecule has 110 valence electrons. The van der Waals surface area contributed by atoms with Gasteiger partial charge in [-0.1, -0.05) is 28.1 Å². The molecule has 1 aromatic rings. The first-order chi connectivity index (χ1) is 9.54. The summed E-state index contributed by atoms with van der Waals surface area (Å²) >= 11 is 3.42. The third-order valence-corrected chi connectivity index (χ3v) is 4.12. The van der Waals surface area contributed by atoms with Gasteiger partial charge in [0.25, 0.3) is 0 Å². The van der Waals surface area contributed by atoms with Gasteiger partial charge in [0, 0.05) is 17.1 Å². The number of aryl methyl sites for hydroxylation is 1. The summed E-state index contributed by atoms with van der Waals surface area (Å²) in [5, 5.41) is 15.4. The largest absolute Gasteiger partial charge is 0.392 e. The van der Waals surface area contributed by atoms with Crippen LogP contribution >= 0.6 is 15.9 Å². The summed E-state index contributed by atoms with van der Waals surface area (Å²) in [4.78, 5) is 12.0. The maximum atomic E-state index is 12.0. The molecule has 5 heteroatoms. The maximum absolute atomic E-state index is 12.0. The highest BCUT2D eigenvalue weighted by molar-refractivity contribution is 9.10. The number of amides is 1. The molecule has 2 rings (SSSR count). The third-order valence-electron chi connectivity index (χ3n) is 3.59. The van der Waals surface area contributed by atoms with Gasteiger partial charge in [-0.25, -0.2) is 0 Å². The molecule has 3 N–H and O–H groups in total. The van der Waals surface area contributed by atoms with Crippen molar-refractivity contribution >= 4 is 21.8 Å². The molecule has 3 atom stereocenters. The Bertz CT molecular complexity index is 450. The van der Waals surface area contributed by atoms with Crippen LogP contribution in [0.15, 0.2) is 28.7 Å². The topological polar surface area (TPSA) is 61.4 Å². The van der Waals surface area contributed by atoms with Crippen LogP contribution in [0.25, 0.3) is 0 Å². The highest BCUT2D eigenvalue weighted by Crippen LogP contribution is 2.13. The number of β-amino-alcohol motifs (C(OH)–C–C–N with tert-alkyl or cyclic N) is 1. The zero-order valence-corrected chi connectivity index (χ0v) is 13.2. The minimum absolute atomic E-state index is 0.00939. The highest BCUT2D eigenvalue weighted by atomic mass is 79.9. The zero-order valence-electron chi connectivity index (χ0n) is 11.6. The van der Waals surface area contributed by atoms with Gasteiger partial charge in [-0.3, -0.25) is 4.79 Å². The van der Waals surface area contributed by atoms with E-state index < -0.39 is 6.10 Å². The fraction of sp³-hybridized carbons (Fsp3) is 0.533. The maximum Gasteiger partial charge on any atom is 0.237 e. The van der Waals surface area contributed by atoms with Gasteiger partial charge < -0.3 is 15.7 Å². The van der Waals surface area contributed by atoms with Crippen molar-refractivity contribution in [3.05, 3.63) is 34.3 Å². The SMILES string of the molecule is CC(CCc1ccc(Br)cc1)NC(=O)C1CC(O)CN1. The van der Waals surface area contributed by atoms with Crippen LogP contribution in [-0.4, -0.2) is 35.7 Å². The molecule has 1 aliphatic rings. The molecule has 0 aromatic heterocycles. The monoisotopic (exact) mass is 340 g/mol. The number of hydrogen-bond donors (Lipinski definition) is 3. The molecule has 0 saturated carbocycles. The molecular formula is C15H21BrN2O2. The second kappa shape index (κ2) is 7.20. The summed E-state index contributed by atoms with van der Waals surface area (Å²) in [6, 6.07) is 8.12. The third kappa shape index (κ3) is 4.58. The smallest absolute Gasteiger partial charge is 0.237 e. The lowest BCUT2D eigenvalue weighted by molar-refractivity contribution is -0.123. The number of hydrogen-bond acceptors (Lipinski definition) is 3. The predicted molar refractivity (Wildman–Crippen MR) is 82.5 cm³/mol. The Kier molecular flexibility index (Phi) is 5.57. The van der Waals surface area contributed by atoms with Crippen LogP contribution in [-0.2, 0) is 11.2 Å². The molecule has 4 nitrogen and oxygen atoms in total. The molecule has 0 radical (unpaired) electrons. The van der Waals surface area contributed by atoms with Crippen molar-refractivity contribution in [3.63, 3.8) is 0 Å². The van der Waals surface area contributed by atoms with Gasteiger partial charge in [0.15, 0.2) is 0 Å². The predicted octanol–water partition coefficient (Wildman–Crippen LogP) is 1.61. The Morgan fingerprint density at radius 3 is 2.80 bits per heavy atom. The number of carbonyl (C=O) groups is 1. The second-order valence-corrected chi connectivity index (χ2v) is 6.34. The van der Waals surface area contributed by atoms with Crippen LogP contribution in [0.1, 0.15) is 25.3 Å². The van der Waals surface area contributed by atoms with Gasteiger partial charge in [0.2, 0.25) is 5.91 Å². The average Bonchev–Trinajstić information content (AvgIpc) is 2.85. The van der Waals surface area contributed by atoms with Crippen molar-refractivity contribution in [1.82, 2.24) is 10.6 Å². The van der Waals surface area contributed by atoms with Gasteiger partial charge in [-0.15, -0.1) is 0 Å². The van der Waals surface area contributed by atoms with Gasteiger partial charge in [0.1, 0.15) is 0 Å². The van der Waals surface area contributed by atoms with Crippen molar-refractivity contribution in [3.8, 4) is 0 Å². The van der Waals surface area contributed by atoms with E-state index in [1.807, 2.05) is 19.1 Å². The number of carbonyl (C=O) groups excluding carboxylic acids is 1. The molecule has 20 heavy (non-hydrogen) atoms. The molecule has 0 aliphatic carbocycles. The minimum atomic E-state index is -0.399. The number of halogens is 1. The highest BCUT2D eigenvalue weighted by Gasteiger charge is 2.28. The van der Waals surface area contributed by atoms with Gasteiger partial charge in [-0.05, 0) is 43.9 Å². The Morgan fingerprint density at radius 1 is 1.50 bits per heavy atom. The molecule has 1 heterocycles. The van der Waals surface area contributed by atoms with Crippen LogP contribution in [0, 0.1) is 0 Å². The van der Waals surface area contributed by atoms with Crippen molar-refractivity contribution in [1.29, 1.82) is 0 Å². The quantitative estimate of drug-likeness (QED) is 0.763. The van der Waals surface area contributed by atoms with E-state index in [1.54, 1.807) is 0 Å². The summed E-state index contributed by atoms with van der Waals surface area (Å²) in [5.41, 5.74) is 1.27. The van der Waals surface area contributed by atoms with Crippen LogP contribution in [0.4, 0.5) is 0 Å². The van der Waals surface area contributed by atoms with E-state index in [9.17, 15) is 9.90 Å². The number of rotatable bonds is 5. The van der Waals surface area contributed by atoms with E-state index in [2.05, 4.69) is 38.7 Å². The van der Waals surface area contributed by atoms with Crippen molar-refractivity contribution in [2.24, 2.45) is 0 Å². The van der Waals surface area contributed by atoms with Crippen LogP contribution < -0.4 is 10.6 Å².